The van der Waals surface area contributed by atoms with Crippen molar-refractivity contribution >= 4 is 21.7 Å². The Hall–Kier alpha value is -1.40. The zero-order valence-corrected chi connectivity index (χ0v) is 10.9. The van der Waals surface area contributed by atoms with Gasteiger partial charge in [0.2, 0.25) is 5.91 Å². The van der Waals surface area contributed by atoms with Gasteiger partial charge in [0.05, 0.1) is 4.90 Å². The smallest absolute Gasteiger partial charge is 0.294 e. The fourth-order valence-corrected chi connectivity index (χ4v) is 2.70. The van der Waals surface area contributed by atoms with Gasteiger partial charge >= 0.3 is 0 Å². The number of carbonyl (C=O) groups excluding carboxylic acids is 1. The molecular formula is C12H15NO4S. The predicted octanol–water partition coefficient (Wildman–Crippen LogP) is 1.62. The van der Waals surface area contributed by atoms with E-state index in [2.05, 4.69) is 0 Å². The molecule has 1 aromatic carbocycles. The summed E-state index contributed by atoms with van der Waals surface area (Å²) in [5, 5.41) is 0. The van der Waals surface area contributed by atoms with E-state index in [1.54, 1.807) is 11.0 Å². The van der Waals surface area contributed by atoms with E-state index in [0.717, 1.165) is 17.7 Å². The molecule has 98 valence electrons. The van der Waals surface area contributed by atoms with E-state index in [1.807, 2.05) is 6.92 Å². The van der Waals surface area contributed by atoms with Crippen LogP contribution in [0.4, 0.5) is 5.69 Å². The first-order valence-electron chi connectivity index (χ1n) is 5.84. The Balaban J connectivity index is 2.46. The van der Waals surface area contributed by atoms with Gasteiger partial charge in [-0.05, 0) is 36.6 Å². The number of carbonyl (C=O) groups is 1. The molecule has 18 heavy (non-hydrogen) atoms. The van der Waals surface area contributed by atoms with Crippen molar-refractivity contribution in [3.05, 3.63) is 23.8 Å². The summed E-state index contributed by atoms with van der Waals surface area (Å²) in [6, 6.07) is 4.36. The largest absolute Gasteiger partial charge is 0.312 e. The van der Waals surface area contributed by atoms with Crippen molar-refractivity contribution in [2.24, 2.45) is 0 Å². The van der Waals surface area contributed by atoms with Gasteiger partial charge in [0.25, 0.3) is 10.1 Å². The highest BCUT2D eigenvalue weighted by Crippen LogP contribution is 2.30. The van der Waals surface area contributed by atoms with Gasteiger partial charge in [-0.25, -0.2) is 0 Å². The number of aryl methyl sites for hydroxylation is 1. The molecule has 0 atom stereocenters. The summed E-state index contributed by atoms with van der Waals surface area (Å²) in [7, 11) is -4.18. The fourth-order valence-electron chi connectivity index (χ4n) is 2.17. The summed E-state index contributed by atoms with van der Waals surface area (Å²) in [4.78, 5) is 13.3. The van der Waals surface area contributed by atoms with E-state index < -0.39 is 10.1 Å². The van der Waals surface area contributed by atoms with Crippen LogP contribution in [0.15, 0.2) is 23.1 Å². The Kier molecular flexibility index (Phi) is 3.41. The van der Waals surface area contributed by atoms with Crippen LogP contribution in [-0.2, 0) is 21.3 Å². The first-order chi connectivity index (χ1) is 8.43. The van der Waals surface area contributed by atoms with E-state index in [4.69, 9.17) is 4.55 Å². The first-order valence-corrected chi connectivity index (χ1v) is 7.28. The minimum atomic E-state index is -4.18. The van der Waals surface area contributed by atoms with Crippen LogP contribution in [0, 0.1) is 0 Å². The molecule has 0 bridgehead atoms. The van der Waals surface area contributed by atoms with Crippen molar-refractivity contribution in [1.29, 1.82) is 0 Å². The van der Waals surface area contributed by atoms with Crippen LogP contribution in [0.25, 0.3) is 0 Å². The molecule has 1 aliphatic rings. The normalized spacial score (nSPS) is 15.7. The molecular weight excluding hydrogens is 254 g/mol. The number of hydrogen-bond donors (Lipinski definition) is 1. The summed E-state index contributed by atoms with van der Waals surface area (Å²) < 4.78 is 31.1. The molecule has 0 unspecified atom stereocenters. The average Bonchev–Trinajstić information content (AvgIpc) is 2.31. The van der Waals surface area contributed by atoms with E-state index in [1.165, 1.54) is 12.1 Å². The maximum absolute atomic E-state index is 11.8. The third-order valence-electron chi connectivity index (χ3n) is 3.00. The van der Waals surface area contributed by atoms with Crippen molar-refractivity contribution < 1.29 is 17.8 Å². The molecule has 1 aliphatic heterocycles. The highest BCUT2D eigenvalue weighted by Gasteiger charge is 2.24. The lowest BCUT2D eigenvalue weighted by atomic mass is 10.0. The predicted molar refractivity (Wildman–Crippen MR) is 67.2 cm³/mol. The molecule has 1 amide bonds. The number of rotatable bonds is 3. The van der Waals surface area contributed by atoms with Crippen molar-refractivity contribution in [2.75, 3.05) is 11.4 Å². The molecule has 0 saturated carbocycles. The molecule has 5 nitrogen and oxygen atoms in total. The van der Waals surface area contributed by atoms with Gasteiger partial charge in [0.15, 0.2) is 0 Å². The van der Waals surface area contributed by atoms with E-state index in [0.29, 0.717) is 19.4 Å². The van der Waals surface area contributed by atoms with Gasteiger partial charge in [-0.1, -0.05) is 6.92 Å². The van der Waals surface area contributed by atoms with Gasteiger partial charge in [-0.2, -0.15) is 8.42 Å². The van der Waals surface area contributed by atoms with Crippen molar-refractivity contribution in [2.45, 2.75) is 31.1 Å². The van der Waals surface area contributed by atoms with Crippen molar-refractivity contribution in [3.8, 4) is 0 Å². The van der Waals surface area contributed by atoms with Crippen LogP contribution >= 0.6 is 0 Å². The number of anilines is 1. The van der Waals surface area contributed by atoms with Gasteiger partial charge in [-0.3, -0.25) is 9.35 Å². The lowest BCUT2D eigenvalue weighted by Crippen LogP contribution is -2.35. The Morgan fingerprint density at radius 3 is 2.67 bits per heavy atom. The quantitative estimate of drug-likeness (QED) is 0.846. The van der Waals surface area contributed by atoms with Gasteiger partial charge in [0.1, 0.15) is 0 Å². The van der Waals surface area contributed by atoms with Crippen LogP contribution in [-0.4, -0.2) is 25.4 Å². The SMILES string of the molecule is CCCN1C(=O)CCc2cc(S(=O)(=O)O)ccc21. The van der Waals surface area contributed by atoms with Crippen LogP contribution < -0.4 is 4.90 Å². The Labute approximate surface area is 106 Å². The number of hydrogen-bond acceptors (Lipinski definition) is 3. The van der Waals surface area contributed by atoms with E-state index >= 15 is 0 Å². The Morgan fingerprint density at radius 2 is 2.06 bits per heavy atom. The van der Waals surface area contributed by atoms with Crippen molar-refractivity contribution in [1.82, 2.24) is 0 Å². The second kappa shape index (κ2) is 4.70. The van der Waals surface area contributed by atoms with Gasteiger partial charge < -0.3 is 4.90 Å². The summed E-state index contributed by atoms with van der Waals surface area (Å²) in [6.07, 6.45) is 1.73. The fraction of sp³-hybridized carbons (Fsp3) is 0.417. The van der Waals surface area contributed by atoms with Gasteiger partial charge in [-0.15, -0.1) is 0 Å². The monoisotopic (exact) mass is 269 g/mol. The molecule has 0 fully saturated rings. The van der Waals surface area contributed by atoms with E-state index in [9.17, 15) is 13.2 Å². The average molecular weight is 269 g/mol. The van der Waals surface area contributed by atoms with Crippen LogP contribution in [0.3, 0.4) is 0 Å². The molecule has 6 heteroatoms. The summed E-state index contributed by atoms with van der Waals surface area (Å²) in [5.41, 5.74) is 1.54. The molecule has 0 radical (unpaired) electrons. The molecule has 1 heterocycles. The zero-order chi connectivity index (χ0) is 13.3. The molecule has 1 aromatic rings. The number of amides is 1. The highest BCUT2D eigenvalue weighted by molar-refractivity contribution is 7.85. The number of nitrogens with zero attached hydrogens (tertiary/aromatic N) is 1. The summed E-state index contributed by atoms with van der Waals surface area (Å²) in [6.45, 7) is 2.60. The second-order valence-corrected chi connectivity index (χ2v) is 5.73. The number of fused-ring (bicyclic) bond motifs is 1. The minimum absolute atomic E-state index is 0.0592. The first kappa shape index (κ1) is 13.0. The molecule has 0 aromatic heterocycles. The van der Waals surface area contributed by atoms with Gasteiger partial charge in [0, 0.05) is 18.7 Å². The molecule has 1 N–H and O–H groups in total. The zero-order valence-electron chi connectivity index (χ0n) is 10.1. The topological polar surface area (TPSA) is 74.7 Å². The third kappa shape index (κ3) is 2.39. The molecule has 0 spiro atoms. The summed E-state index contributed by atoms with van der Waals surface area (Å²) in [5.74, 6) is 0.0592. The lowest BCUT2D eigenvalue weighted by molar-refractivity contribution is -0.118. The highest BCUT2D eigenvalue weighted by atomic mass is 32.2. The van der Waals surface area contributed by atoms with E-state index in [-0.39, 0.29) is 10.8 Å². The maximum atomic E-state index is 11.8. The maximum Gasteiger partial charge on any atom is 0.294 e. The van der Waals surface area contributed by atoms with Crippen LogP contribution in [0.5, 0.6) is 0 Å². The lowest BCUT2D eigenvalue weighted by Gasteiger charge is -2.29. The third-order valence-corrected chi connectivity index (χ3v) is 3.85. The molecule has 0 aliphatic carbocycles. The standard InChI is InChI=1S/C12H15NO4S/c1-2-7-13-11-5-4-10(18(15,16)17)8-9(11)3-6-12(13)14/h4-5,8H,2-3,6-7H2,1H3,(H,15,16,17). The van der Waals surface area contributed by atoms with Crippen LogP contribution in [0.2, 0.25) is 0 Å². The Bertz CT molecular complexity index is 580. The Morgan fingerprint density at radius 1 is 1.33 bits per heavy atom. The van der Waals surface area contributed by atoms with Crippen LogP contribution in [0.1, 0.15) is 25.3 Å². The minimum Gasteiger partial charge on any atom is -0.312 e. The van der Waals surface area contributed by atoms with Crippen molar-refractivity contribution in [3.63, 3.8) is 0 Å². The molecule has 2 rings (SSSR count). The summed E-state index contributed by atoms with van der Waals surface area (Å²) >= 11 is 0. The number of benzene rings is 1. The molecule has 0 saturated heterocycles. The second-order valence-electron chi connectivity index (χ2n) is 4.31.